The van der Waals surface area contributed by atoms with Gasteiger partial charge in [-0.05, 0) is 26.3 Å². The summed E-state index contributed by atoms with van der Waals surface area (Å²) in [6.07, 6.45) is 0.884. The highest BCUT2D eigenvalue weighted by Gasteiger charge is 2.17. The highest BCUT2D eigenvalue weighted by Crippen LogP contribution is 2.17. The molecular weight excluding hydrogens is 178 g/mol. The third-order valence-corrected chi connectivity index (χ3v) is 1.99. The summed E-state index contributed by atoms with van der Waals surface area (Å²) in [6, 6.07) is 5.15. The van der Waals surface area contributed by atoms with Crippen molar-refractivity contribution in [1.29, 1.82) is 5.26 Å². The molecule has 14 heavy (non-hydrogen) atoms. The minimum Gasteiger partial charge on any atom is -0.471 e. The van der Waals surface area contributed by atoms with Crippen molar-refractivity contribution < 1.29 is 4.74 Å². The van der Waals surface area contributed by atoms with Crippen molar-refractivity contribution in [2.75, 3.05) is 0 Å². The molecule has 1 heterocycles. The maximum atomic E-state index is 8.51. The molecule has 1 aromatic heterocycles. The first-order chi connectivity index (χ1) is 6.57. The maximum Gasteiger partial charge on any atom is 0.233 e. The molecule has 0 aliphatic rings. The van der Waals surface area contributed by atoms with Gasteiger partial charge in [-0.25, -0.2) is 0 Å². The second kappa shape index (κ2) is 4.05. The summed E-state index contributed by atoms with van der Waals surface area (Å²) in [6.45, 7) is 6.00. The van der Waals surface area contributed by atoms with Crippen LogP contribution in [-0.4, -0.2) is 15.8 Å². The molecule has 0 N–H and O–H groups in total. The molecule has 0 fully saturated rings. The minimum absolute atomic E-state index is 0.247. The molecular formula is C10H13N3O. The fourth-order valence-corrected chi connectivity index (χ4v) is 0.789. The Labute approximate surface area is 83.5 Å². The van der Waals surface area contributed by atoms with Gasteiger partial charge in [0.15, 0.2) is 5.69 Å². The second-order valence-corrected chi connectivity index (χ2v) is 3.58. The molecule has 0 atom stereocenters. The Morgan fingerprint density at radius 1 is 1.43 bits per heavy atom. The van der Waals surface area contributed by atoms with Gasteiger partial charge >= 0.3 is 0 Å². The van der Waals surface area contributed by atoms with Crippen LogP contribution in [0.2, 0.25) is 0 Å². The molecule has 1 rings (SSSR count). The smallest absolute Gasteiger partial charge is 0.233 e. The molecule has 0 radical (unpaired) electrons. The first-order valence-electron chi connectivity index (χ1n) is 4.50. The predicted molar refractivity (Wildman–Crippen MR) is 51.7 cm³/mol. The molecule has 0 spiro atoms. The van der Waals surface area contributed by atoms with E-state index < -0.39 is 0 Å². The zero-order valence-corrected chi connectivity index (χ0v) is 8.61. The molecule has 0 saturated carbocycles. The molecule has 0 amide bonds. The van der Waals surface area contributed by atoms with Gasteiger partial charge in [0.05, 0.1) is 0 Å². The highest BCUT2D eigenvalue weighted by molar-refractivity contribution is 5.21. The molecule has 0 aliphatic carbocycles. The van der Waals surface area contributed by atoms with E-state index in [-0.39, 0.29) is 5.60 Å². The topological polar surface area (TPSA) is 58.8 Å². The molecule has 4 heteroatoms. The van der Waals surface area contributed by atoms with Crippen LogP contribution in [0.15, 0.2) is 12.1 Å². The molecule has 1 aromatic rings. The SMILES string of the molecule is CCC(C)(C)Oc1ccc(C#N)nn1. The average molecular weight is 191 g/mol. The number of ether oxygens (including phenoxy) is 1. The molecule has 74 valence electrons. The Kier molecular flexibility index (Phi) is 3.03. The van der Waals surface area contributed by atoms with Crippen molar-refractivity contribution in [2.24, 2.45) is 0 Å². The summed E-state index contributed by atoms with van der Waals surface area (Å²) < 4.78 is 5.57. The molecule has 0 aromatic carbocycles. The molecule has 4 nitrogen and oxygen atoms in total. The van der Waals surface area contributed by atoms with Gasteiger partial charge in [-0.15, -0.1) is 10.2 Å². The molecule has 0 bridgehead atoms. The number of hydrogen-bond acceptors (Lipinski definition) is 4. The van der Waals surface area contributed by atoms with Gasteiger partial charge in [-0.1, -0.05) is 6.92 Å². The first-order valence-corrected chi connectivity index (χ1v) is 4.50. The van der Waals surface area contributed by atoms with Crippen LogP contribution in [-0.2, 0) is 0 Å². The van der Waals surface area contributed by atoms with E-state index in [1.165, 1.54) is 0 Å². The van der Waals surface area contributed by atoms with Gasteiger partial charge in [0.25, 0.3) is 0 Å². The van der Waals surface area contributed by atoms with Gasteiger partial charge in [0.2, 0.25) is 5.88 Å². The lowest BCUT2D eigenvalue weighted by Crippen LogP contribution is -2.27. The van der Waals surface area contributed by atoms with Crippen molar-refractivity contribution in [3.8, 4) is 11.9 Å². The van der Waals surface area contributed by atoms with Crippen LogP contribution in [0.25, 0.3) is 0 Å². The summed E-state index contributed by atoms with van der Waals surface area (Å²) >= 11 is 0. The Morgan fingerprint density at radius 2 is 2.14 bits per heavy atom. The van der Waals surface area contributed by atoms with E-state index in [1.54, 1.807) is 12.1 Å². The highest BCUT2D eigenvalue weighted by atomic mass is 16.5. The molecule has 0 aliphatic heterocycles. The van der Waals surface area contributed by atoms with Gasteiger partial charge < -0.3 is 4.74 Å². The van der Waals surface area contributed by atoms with Gasteiger partial charge in [0.1, 0.15) is 11.7 Å². The van der Waals surface area contributed by atoms with Crippen LogP contribution in [0.4, 0.5) is 0 Å². The average Bonchev–Trinajstić information content (AvgIpc) is 2.19. The first kappa shape index (κ1) is 10.5. The van der Waals surface area contributed by atoms with Crippen LogP contribution in [0.3, 0.4) is 0 Å². The number of aromatic nitrogens is 2. The largest absolute Gasteiger partial charge is 0.471 e. The number of rotatable bonds is 3. The van der Waals surface area contributed by atoms with Crippen LogP contribution in [0.5, 0.6) is 5.88 Å². The van der Waals surface area contributed by atoms with E-state index in [1.807, 2.05) is 26.8 Å². The van der Waals surface area contributed by atoms with E-state index in [0.29, 0.717) is 11.6 Å². The summed E-state index contributed by atoms with van der Waals surface area (Å²) in [5.41, 5.74) is 0.0506. The summed E-state index contributed by atoms with van der Waals surface area (Å²) in [4.78, 5) is 0. The minimum atomic E-state index is -0.247. The quantitative estimate of drug-likeness (QED) is 0.732. The summed E-state index contributed by atoms with van der Waals surface area (Å²) in [5.74, 6) is 0.454. The van der Waals surface area contributed by atoms with Gasteiger partial charge in [-0.2, -0.15) is 5.26 Å². The number of nitrogens with zero attached hydrogens (tertiary/aromatic N) is 3. The van der Waals surface area contributed by atoms with E-state index in [9.17, 15) is 0 Å². The Hall–Kier alpha value is -1.63. The van der Waals surface area contributed by atoms with Crippen LogP contribution in [0, 0.1) is 11.3 Å². The van der Waals surface area contributed by atoms with Crippen molar-refractivity contribution in [3.05, 3.63) is 17.8 Å². The summed E-state index contributed by atoms with van der Waals surface area (Å²) in [5, 5.41) is 16.0. The third-order valence-electron chi connectivity index (χ3n) is 1.99. The molecule has 0 unspecified atom stereocenters. The standard InChI is InChI=1S/C10H13N3O/c1-4-10(2,3)14-9-6-5-8(7-11)12-13-9/h5-6H,4H2,1-3H3. The lowest BCUT2D eigenvalue weighted by atomic mass is 10.1. The van der Waals surface area contributed by atoms with Gasteiger partial charge in [-0.3, -0.25) is 0 Å². The summed E-state index contributed by atoms with van der Waals surface area (Å²) in [7, 11) is 0. The Balaban J connectivity index is 2.75. The maximum absolute atomic E-state index is 8.51. The van der Waals surface area contributed by atoms with Gasteiger partial charge in [0, 0.05) is 6.07 Å². The number of hydrogen-bond donors (Lipinski definition) is 0. The van der Waals surface area contributed by atoms with E-state index >= 15 is 0 Å². The van der Waals surface area contributed by atoms with Crippen molar-refractivity contribution in [2.45, 2.75) is 32.8 Å². The van der Waals surface area contributed by atoms with Crippen molar-refractivity contribution >= 4 is 0 Å². The molecule has 0 saturated heterocycles. The number of nitriles is 1. The van der Waals surface area contributed by atoms with Crippen LogP contribution in [0.1, 0.15) is 32.9 Å². The third kappa shape index (κ3) is 2.70. The lowest BCUT2D eigenvalue weighted by molar-refractivity contribution is 0.0976. The van der Waals surface area contributed by atoms with E-state index in [0.717, 1.165) is 6.42 Å². The van der Waals surface area contributed by atoms with Crippen molar-refractivity contribution in [3.63, 3.8) is 0 Å². The zero-order chi connectivity index (χ0) is 10.6. The monoisotopic (exact) mass is 191 g/mol. The normalized spacial score (nSPS) is 10.7. The van der Waals surface area contributed by atoms with Crippen LogP contribution < -0.4 is 4.74 Å². The lowest BCUT2D eigenvalue weighted by Gasteiger charge is -2.23. The fourth-order valence-electron chi connectivity index (χ4n) is 0.789. The predicted octanol–water partition coefficient (Wildman–Crippen LogP) is 1.92. The van der Waals surface area contributed by atoms with Crippen molar-refractivity contribution in [1.82, 2.24) is 10.2 Å². The second-order valence-electron chi connectivity index (χ2n) is 3.58. The van der Waals surface area contributed by atoms with E-state index in [4.69, 9.17) is 10.00 Å². The fraction of sp³-hybridized carbons (Fsp3) is 0.500. The Morgan fingerprint density at radius 3 is 2.57 bits per heavy atom. The van der Waals surface area contributed by atoms with Crippen LogP contribution >= 0.6 is 0 Å². The van der Waals surface area contributed by atoms with E-state index in [2.05, 4.69) is 10.2 Å². The Bertz CT molecular complexity index is 337. The zero-order valence-electron chi connectivity index (χ0n) is 8.61.